The molecule has 3 atom stereocenters. The van der Waals surface area contributed by atoms with E-state index in [2.05, 4.69) is 17.1 Å². The maximum absolute atomic E-state index is 13.4. The number of hydrogen-bond donors (Lipinski definition) is 0. The molecule has 0 saturated heterocycles. The van der Waals surface area contributed by atoms with Crippen LogP contribution in [0.15, 0.2) is 66.3 Å². The number of amides is 1. The third-order valence-electron chi connectivity index (χ3n) is 5.75. The molecule has 0 bridgehead atoms. The Labute approximate surface area is 166 Å². The number of carbonyl (C=O) groups is 1. The summed E-state index contributed by atoms with van der Waals surface area (Å²) in [5.74, 6) is 0.352. The smallest absolute Gasteiger partial charge is 0.226 e. The summed E-state index contributed by atoms with van der Waals surface area (Å²) in [6.45, 7) is 0.401. The minimum Gasteiger partial charge on any atom is -0.331 e. The lowest BCUT2D eigenvalue weighted by molar-refractivity contribution is -0.137. The van der Waals surface area contributed by atoms with Crippen molar-refractivity contribution in [2.75, 3.05) is 5.75 Å². The van der Waals surface area contributed by atoms with Crippen LogP contribution in [0.2, 0.25) is 0 Å². The van der Waals surface area contributed by atoms with E-state index in [1.54, 1.807) is 23.4 Å². The molecule has 1 aliphatic carbocycles. The Bertz CT molecular complexity index is 958. The van der Waals surface area contributed by atoms with E-state index in [-0.39, 0.29) is 17.6 Å². The van der Waals surface area contributed by atoms with Gasteiger partial charge >= 0.3 is 0 Å². The van der Waals surface area contributed by atoms with Crippen molar-refractivity contribution in [3.05, 3.63) is 77.5 Å². The second-order valence-corrected chi connectivity index (χ2v) is 9.60. The number of hydrogen-bond acceptors (Lipinski definition) is 4. The van der Waals surface area contributed by atoms with Crippen molar-refractivity contribution < 1.29 is 13.2 Å². The van der Waals surface area contributed by atoms with Gasteiger partial charge in [0.05, 0.1) is 11.8 Å². The molecule has 5 nitrogen and oxygen atoms in total. The number of benzene rings is 1. The monoisotopic (exact) mass is 396 g/mol. The molecule has 0 N–H and O–H groups in total. The molecule has 28 heavy (non-hydrogen) atoms. The molecule has 1 aliphatic heterocycles. The van der Waals surface area contributed by atoms with Crippen molar-refractivity contribution in [1.82, 2.24) is 9.88 Å². The molecule has 0 radical (unpaired) electrons. The fourth-order valence-electron chi connectivity index (χ4n) is 4.27. The minimum absolute atomic E-state index is 0.0291. The number of nitrogens with zero attached hydrogens (tertiary/aromatic N) is 2. The molecule has 146 valence electrons. The predicted octanol–water partition coefficient (Wildman–Crippen LogP) is 3.30. The molecule has 1 aromatic carbocycles. The highest BCUT2D eigenvalue weighted by Gasteiger charge is 2.37. The fraction of sp³-hybridized carbons (Fsp3) is 0.364. The predicted molar refractivity (Wildman–Crippen MR) is 108 cm³/mol. The van der Waals surface area contributed by atoms with E-state index < -0.39 is 15.9 Å². The summed E-state index contributed by atoms with van der Waals surface area (Å²) in [7, 11) is -3.23. The molecule has 2 aliphatic rings. The average Bonchev–Trinajstić information content (AvgIpc) is 3.34. The zero-order chi connectivity index (χ0) is 19.6. The summed E-state index contributed by atoms with van der Waals surface area (Å²) in [6.07, 6.45) is 7.69. The average molecular weight is 397 g/mol. The molecule has 0 spiro atoms. The van der Waals surface area contributed by atoms with Gasteiger partial charge in [0, 0.05) is 30.3 Å². The van der Waals surface area contributed by atoms with Crippen molar-refractivity contribution >= 4 is 15.7 Å². The third kappa shape index (κ3) is 4.17. The Kier molecular flexibility index (Phi) is 5.31. The van der Waals surface area contributed by atoms with Gasteiger partial charge in [0.2, 0.25) is 5.91 Å². The number of sulfone groups is 1. The first kappa shape index (κ1) is 18.9. The largest absolute Gasteiger partial charge is 0.331 e. The first-order valence-electron chi connectivity index (χ1n) is 9.67. The van der Waals surface area contributed by atoms with E-state index in [1.807, 2.05) is 30.3 Å². The van der Waals surface area contributed by atoms with Crippen molar-refractivity contribution in [2.45, 2.75) is 37.8 Å². The highest BCUT2D eigenvalue weighted by Crippen LogP contribution is 2.39. The highest BCUT2D eigenvalue weighted by atomic mass is 32.2. The van der Waals surface area contributed by atoms with Gasteiger partial charge in [-0.2, -0.15) is 0 Å². The zero-order valence-corrected chi connectivity index (χ0v) is 16.5. The van der Waals surface area contributed by atoms with Crippen molar-refractivity contribution in [2.24, 2.45) is 5.92 Å². The topological polar surface area (TPSA) is 67.3 Å². The lowest BCUT2D eigenvalue weighted by Gasteiger charge is -2.30. The third-order valence-corrected chi connectivity index (χ3v) is 7.13. The number of carbonyl (C=O) groups excluding carboxylic acids is 1. The highest BCUT2D eigenvalue weighted by molar-refractivity contribution is 7.94. The zero-order valence-electron chi connectivity index (χ0n) is 15.6. The van der Waals surface area contributed by atoms with Gasteiger partial charge in [-0.05, 0) is 54.5 Å². The molecule has 1 unspecified atom stereocenters. The summed E-state index contributed by atoms with van der Waals surface area (Å²) in [6, 6.07) is 13.7. The van der Waals surface area contributed by atoms with Gasteiger partial charge in [-0.3, -0.25) is 9.78 Å². The normalized spacial score (nSPS) is 25.6. The molecule has 2 aromatic rings. The summed E-state index contributed by atoms with van der Waals surface area (Å²) in [4.78, 5) is 19.2. The second-order valence-electron chi connectivity index (χ2n) is 7.66. The molecule has 1 aromatic heterocycles. The van der Waals surface area contributed by atoms with Crippen LogP contribution in [0, 0.1) is 5.92 Å². The first-order chi connectivity index (χ1) is 13.5. The van der Waals surface area contributed by atoms with Crippen LogP contribution in [0.5, 0.6) is 0 Å². The Hall–Kier alpha value is -2.47. The van der Waals surface area contributed by atoms with Gasteiger partial charge in [-0.25, -0.2) is 8.42 Å². The van der Waals surface area contributed by atoms with Gasteiger partial charge in [0.25, 0.3) is 0 Å². The maximum atomic E-state index is 13.4. The molecule has 1 saturated carbocycles. The van der Waals surface area contributed by atoms with Crippen LogP contribution in [0.25, 0.3) is 0 Å². The summed E-state index contributed by atoms with van der Waals surface area (Å²) >= 11 is 0. The number of pyridine rings is 1. The molecule has 1 amide bonds. The lowest BCUT2D eigenvalue weighted by Crippen LogP contribution is -2.43. The van der Waals surface area contributed by atoms with Gasteiger partial charge in [-0.15, -0.1) is 0 Å². The summed E-state index contributed by atoms with van der Waals surface area (Å²) < 4.78 is 23.9. The van der Waals surface area contributed by atoms with E-state index in [9.17, 15) is 13.2 Å². The van der Waals surface area contributed by atoms with Crippen LogP contribution < -0.4 is 0 Å². The van der Waals surface area contributed by atoms with Crippen LogP contribution >= 0.6 is 0 Å². The van der Waals surface area contributed by atoms with E-state index in [0.717, 1.165) is 24.8 Å². The second kappa shape index (κ2) is 7.87. The van der Waals surface area contributed by atoms with Crippen LogP contribution in [0.3, 0.4) is 0 Å². The van der Waals surface area contributed by atoms with E-state index >= 15 is 0 Å². The quantitative estimate of drug-likeness (QED) is 0.778. The summed E-state index contributed by atoms with van der Waals surface area (Å²) in [5.41, 5.74) is 2.24. The maximum Gasteiger partial charge on any atom is 0.226 e. The Morgan fingerprint density at radius 3 is 2.50 bits per heavy atom. The van der Waals surface area contributed by atoms with E-state index in [0.29, 0.717) is 12.5 Å². The molecule has 1 fully saturated rings. The van der Waals surface area contributed by atoms with E-state index in [1.165, 1.54) is 11.0 Å². The van der Waals surface area contributed by atoms with Gasteiger partial charge in [-0.1, -0.05) is 30.3 Å². The molecule has 2 heterocycles. The van der Waals surface area contributed by atoms with Crippen LogP contribution in [0.4, 0.5) is 0 Å². The Morgan fingerprint density at radius 2 is 1.82 bits per heavy atom. The molecule has 4 rings (SSSR count). The SMILES string of the molecule is O=C([C@@H]1CC[C@@H](c2ccccc2)C1)N(Cc1ccncc1)C1C=CS(=O)(=O)C1. The number of aromatic nitrogens is 1. The Balaban J connectivity index is 1.53. The van der Waals surface area contributed by atoms with Crippen LogP contribution in [0.1, 0.15) is 36.3 Å². The number of rotatable bonds is 5. The van der Waals surface area contributed by atoms with E-state index in [4.69, 9.17) is 0 Å². The molecule has 6 heteroatoms. The standard InChI is InChI=1S/C22H24N2O3S/c25-22(20-7-6-19(14-20)18-4-2-1-3-5-18)24(15-17-8-11-23-12-9-17)21-10-13-28(26,27)16-21/h1-5,8-13,19-21H,6-7,14-16H2/t19-,20-,21?/m1/s1. The lowest BCUT2D eigenvalue weighted by atomic mass is 9.96. The van der Waals surface area contributed by atoms with Crippen LogP contribution in [-0.2, 0) is 21.2 Å². The van der Waals surface area contributed by atoms with Gasteiger partial charge in [0.1, 0.15) is 0 Å². The first-order valence-corrected chi connectivity index (χ1v) is 11.4. The van der Waals surface area contributed by atoms with Crippen molar-refractivity contribution in [3.63, 3.8) is 0 Å². The Morgan fingerprint density at radius 1 is 1.07 bits per heavy atom. The fourth-order valence-corrected chi connectivity index (χ4v) is 5.56. The van der Waals surface area contributed by atoms with Crippen LogP contribution in [-0.4, -0.2) is 36.0 Å². The minimum atomic E-state index is -3.23. The van der Waals surface area contributed by atoms with Crippen molar-refractivity contribution in [3.8, 4) is 0 Å². The van der Waals surface area contributed by atoms with Gasteiger partial charge < -0.3 is 4.90 Å². The van der Waals surface area contributed by atoms with Gasteiger partial charge in [0.15, 0.2) is 9.84 Å². The molecular formula is C22H24N2O3S. The molecular weight excluding hydrogens is 372 g/mol. The van der Waals surface area contributed by atoms with Crippen molar-refractivity contribution in [1.29, 1.82) is 0 Å². The summed E-state index contributed by atoms with van der Waals surface area (Å²) in [5, 5.41) is 1.24.